The molecule has 0 bridgehead atoms. The third kappa shape index (κ3) is 5.70. The van der Waals surface area contributed by atoms with Crippen molar-refractivity contribution in [3.8, 4) is 11.6 Å². The number of azo groups is 1. The van der Waals surface area contributed by atoms with Crippen LogP contribution in [-0.4, -0.2) is 34.5 Å². The van der Waals surface area contributed by atoms with Crippen molar-refractivity contribution >= 4 is 57.8 Å². The Kier molecular flexibility index (Phi) is 8.24. The van der Waals surface area contributed by atoms with Gasteiger partial charge in [0.25, 0.3) is 11.6 Å². The minimum absolute atomic E-state index is 0.0304. The topological polar surface area (TPSA) is 161 Å². The number of anilines is 3. The maximum atomic E-state index is 12.6. The highest BCUT2D eigenvalue weighted by molar-refractivity contribution is 6.37. The predicted octanol–water partition coefficient (Wildman–Crippen LogP) is 6.88. The van der Waals surface area contributed by atoms with Gasteiger partial charge in [0.05, 0.1) is 28.5 Å². The third-order valence-electron chi connectivity index (χ3n) is 6.58. The molecule has 0 aliphatic heterocycles. The molecule has 0 unspecified atom stereocenters. The highest BCUT2D eigenvalue weighted by atomic mass is 35.5. The number of halogens is 2. The summed E-state index contributed by atoms with van der Waals surface area (Å²) >= 11 is 12.7. The lowest BCUT2D eigenvalue weighted by Gasteiger charge is -2.16. The van der Waals surface area contributed by atoms with Gasteiger partial charge in [-0.05, 0) is 49.9 Å². The van der Waals surface area contributed by atoms with Crippen molar-refractivity contribution in [2.45, 2.75) is 40.5 Å². The van der Waals surface area contributed by atoms with Crippen molar-refractivity contribution in [3.05, 3.63) is 90.9 Å². The summed E-state index contributed by atoms with van der Waals surface area (Å²) in [7, 11) is 0. The average molecular weight is 618 g/mol. The number of aryl methyl sites for hydroxylation is 4. The lowest BCUT2D eigenvalue weighted by molar-refractivity contribution is 0.784. The SMILES string of the molecule is [C-]#[N+]c1cnn(-c2c(Cl)cccc2Cl)c1N=Nc1c(C)nn(-c2nc(Nc3c(CC)cc(C)cc3CC)[nH]c(=O)n2)c1N. The van der Waals surface area contributed by atoms with E-state index < -0.39 is 5.69 Å². The van der Waals surface area contributed by atoms with Crippen molar-refractivity contribution in [2.24, 2.45) is 10.2 Å². The fourth-order valence-corrected chi connectivity index (χ4v) is 5.13. The van der Waals surface area contributed by atoms with Gasteiger partial charge in [-0.1, -0.05) is 60.8 Å². The summed E-state index contributed by atoms with van der Waals surface area (Å²) in [5.41, 5.74) is 11.0. The number of hydrogen-bond acceptors (Lipinski definition) is 9. The van der Waals surface area contributed by atoms with Crippen LogP contribution < -0.4 is 16.7 Å². The van der Waals surface area contributed by atoms with Crippen LogP contribution in [0.25, 0.3) is 16.5 Å². The molecule has 5 rings (SSSR count). The first-order chi connectivity index (χ1) is 20.6. The molecule has 3 aromatic heterocycles. The van der Waals surface area contributed by atoms with Gasteiger partial charge in [-0.3, -0.25) is 4.98 Å². The molecule has 0 saturated heterocycles. The van der Waals surface area contributed by atoms with Crippen molar-refractivity contribution in [1.29, 1.82) is 0 Å². The molecule has 0 amide bonds. The fraction of sp³-hybridized carbons (Fsp3) is 0.214. The van der Waals surface area contributed by atoms with Gasteiger partial charge in [0.2, 0.25) is 5.95 Å². The molecule has 2 aromatic carbocycles. The molecule has 5 aromatic rings. The Balaban J connectivity index is 1.54. The minimum atomic E-state index is -0.645. The van der Waals surface area contributed by atoms with E-state index in [0.29, 0.717) is 21.4 Å². The summed E-state index contributed by atoms with van der Waals surface area (Å²) in [4.78, 5) is 27.2. The largest absolute Gasteiger partial charge is 0.382 e. The number of benzene rings is 2. The molecule has 0 fully saturated rings. The molecule has 0 radical (unpaired) electrons. The second kappa shape index (κ2) is 12.0. The lowest BCUT2D eigenvalue weighted by atomic mass is 10.00. The molecule has 0 saturated carbocycles. The van der Waals surface area contributed by atoms with E-state index in [9.17, 15) is 4.79 Å². The lowest BCUT2D eigenvalue weighted by Crippen LogP contribution is -2.20. The van der Waals surface area contributed by atoms with E-state index in [4.69, 9.17) is 35.5 Å². The molecule has 0 spiro atoms. The summed E-state index contributed by atoms with van der Waals surface area (Å²) in [5.74, 6) is 0.238. The second-order valence-electron chi connectivity index (χ2n) is 9.47. The Bertz CT molecular complexity index is 1940. The summed E-state index contributed by atoms with van der Waals surface area (Å²) < 4.78 is 2.54. The fourth-order valence-electron chi connectivity index (χ4n) is 4.58. The zero-order valence-electron chi connectivity index (χ0n) is 23.6. The second-order valence-corrected chi connectivity index (χ2v) is 10.3. The molecule has 0 aliphatic carbocycles. The number of hydrogen-bond donors (Lipinski definition) is 3. The Hall–Kier alpha value is -5.06. The molecule has 3 heterocycles. The van der Waals surface area contributed by atoms with Crippen LogP contribution in [0.2, 0.25) is 10.0 Å². The summed E-state index contributed by atoms with van der Waals surface area (Å²) in [5, 5.41) is 21.1. The number of aromatic nitrogens is 7. The first-order valence-corrected chi connectivity index (χ1v) is 14.0. The van der Waals surface area contributed by atoms with Gasteiger partial charge < -0.3 is 11.1 Å². The summed E-state index contributed by atoms with van der Waals surface area (Å²) in [6, 6.07) is 9.17. The van der Waals surface area contributed by atoms with E-state index in [1.165, 1.54) is 15.6 Å². The van der Waals surface area contributed by atoms with Crippen molar-refractivity contribution in [2.75, 3.05) is 11.1 Å². The van der Waals surface area contributed by atoms with Gasteiger partial charge in [0.15, 0.2) is 17.3 Å². The molecule has 4 N–H and O–H groups in total. The highest BCUT2D eigenvalue weighted by Gasteiger charge is 2.20. The minimum Gasteiger partial charge on any atom is -0.382 e. The number of nitrogen functional groups attached to an aromatic ring is 1. The number of nitrogens with two attached hydrogens (primary N) is 1. The summed E-state index contributed by atoms with van der Waals surface area (Å²) in [6.07, 6.45) is 2.91. The van der Waals surface area contributed by atoms with Crippen molar-refractivity contribution < 1.29 is 0 Å². The number of aromatic amines is 1. The third-order valence-corrected chi connectivity index (χ3v) is 7.19. The molecular formula is C28H26Cl2N12O. The van der Waals surface area contributed by atoms with E-state index in [1.807, 2.05) is 6.92 Å². The van der Waals surface area contributed by atoms with Crippen LogP contribution in [0, 0.1) is 20.4 Å². The van der Waals surface area contributed by atoms with Gasteiger partial charge in [-0.2, -0.15) is 24.8 Å². The number of para-hydroxylation sites is 1. The van der Waals surface area contributed by atoms with E-state index in [1.54, 1.807) is 25.1 Å². The molecular weight excluding hydrogens is 591 g/mol. The van der Waals surface area contributed by atoms with Crippen molar-refractivity contribution in [3.63, 3.8) is 0 Å². The van der Waals surface area contributed by atoms with E-state index in [0.717, 1.165) is 35.2 Å². The Morgan fingerprint density at radius 2 is 1.74 bits per heavy atom. The Morgan fingerprint density at radius 1 is 1.07 bits per heavy atom. The zero-order valence-corrected chi connectivity index (χ0v) is 25.2. The van der Waals surface area contributed by atoms with Gasteiger partial charge in [0, 0.05) is 5.69 Å². The first kappa shape index (κ1) is 29.4. The number of rotatable bonds is 8. The van der Waals surface area contributed by atoms with E-state index >= 15 is 0 Å². The van der Waals surface area contributed by atoms with Gasteiger partial charge in [-0.15, -0.1) is 10.2 Å². The van der Waals surface area contributed by atoms with Crippen LogP contribution in [0.1, 0.15) is 36.2 Å². The highest BCUT2D eigenvalue weighted by Crippen LogP contribution is 2.38. The molecule has 15 heteroatoms. The average Bonchev–Trinajstić information content (AvgIpc) is 3.51. The van der Waals surface area contributed by atoms with Crippen LogP contribution in [0.3, 0.4) is 0 Å². The van der Waals surface area contributed by atoms with Crippen molar-refractivity contribution in [1.82, 2.24) is 34.5 Å². The van der Waals surface area contributed by atoms with Gasteiger partial charge in [-0.25, -0.2) is 14.3 Å². The van der Waals surface area contributed by atoms with Crippen LogP contribution >= 0.6 is 23.2 Å². The summed E-state index contributed by atoms with van der Waals surface area (Å²) in [6.45, 7) is 15.4. The van der Waals surface area contributed by atoms with Crippen LogP contribution in [-0.2, 0) is 12.8 Å². The molecule has 218 valence electrons. The standard InChI is InChI=1S/C28H26Cl2N12O/c1-6-16-11-14(3)12-17(7-2)22(16)34-26-35-27(37-28(43)36-26)42-24(31)21(15(4)40-42)38-39-25-20(32-5)13-33-41(25)23-18(29)9-8-10-19(23)30/h8-13H,6-7,31H2,1-4H3,(H2,34,35,36,37,43). The molecule has 43 heavy (non-hydrogen) atoms. The molecule has 0 atom stereocenters. The number of H-pyrrole nitrogens is 1. The predicted molar refractivity (Wildman–Crippen MR) is 166 cm³/mol. The smallest absolute Gasteiger partial charge is 0.351 e. The number of nitrogens with one attached hydrogen (secondary N) is 2. The maximum absolute atomic E-state index is 12.6. The van der Waals surface area contributed by atoms with Crippen LogP contribution in [0.4, 0.5) is 34.6 Å². The monoisotopic (exact) mass is 616 g/mol. The Labute approximate surface area is 256 Å². The zero-order chi connectivity index (χ0) is 30.8. The van der Waals surface area contributed by atoms with Gasteiger partial charge in [0.1, 0.15) is 5.69 Å². The van der Waals surface area contributed by atoms with Crippen LogP contribution in [0.15, 0.2) is 51.6 Å². The maximum Gasteiger partial charge on any atom is 0.351 e. The molecule has 13 nitrogen and oxygen atoms in total. The van der Waals surface area contributed by atoms with E-state index in [-0.39, 0.29) is 34.9 Å². The van der Waals surface area contributed by atoms with Gasteiger partial charge >= 0.3 is 5.69 Å². The number of nitrogens with zero attached hydrogens (tertiary/aromatic N) is 9. The van der Waals surface area contributed by atoms with E-state index in [2.05, 4.69) is 71.5 Å². The van der Waals surface area contributed by atoms with Crippen LogP contribution in [0.5, 0.6) is 0 Å². The molecule has 0 aliphatic rings. The Morgan fingerprint density at radius 3 is 2.37 bits per heavy atom. The first-order valence-electron chi connectivity index (χ1n) is 13.2. The normalized spacial score (nSPS) is 11.3. The quantitative estimate of drug-likeness (QED) is 0.126.